The Labute approximate surface area is 192 Å². The van der Waals surface area contributed by atoms with Crippen LogP contribution in [0.2, 0.25) is 0 Å². The van der Waals surface area contributed by atoms with Crippen molar-refractivity contribution >= 4 is 33.0 Å². The van der Waals surface area contributed by atoms with Crippen LogP contribution in [0, 0.1) is 5.92 Å². The van der Waals surface area contributed by atoms with Crippen LogP contribution in [0.25, 0.3) is 5.52 Å². The van der Waals surface area contributed by atoms with Crippen molar-refractivity contribution in [2.24, 2.45) is 11.7 Å². The molecule has 0 radical (unpaired) electrons. The van der Waals surface area contributed by atoms with Gasteiger partial charge in [0.25, 0.3) is 0 Å². The first-order valence-electron chi connectivity index (χ1n) is 10.5. The van der Waals surface area contributed by atoms with Gasteiger partial charge in [0.05, 0.1) is 19.3 Å². The van der Waals surface area contributed by atoms with E-state index < -0.39 is 27.9 Å². The first kappa shape index (κ1) is 23.0. The van der Waals surface area contributed by atoms with Crippen molar-refractivity contribution in [2.75, 3.05) is 31.8 Å². The summed E-state index contributed by atoms with van der Waals surface area (Å²) in [6, 6.07) is 9.10. The molecular formula is C21H27N7O4S. The van der Waals surface area contributed by atoms with Gasteiger partial charge in [-0.2, -0.15) is 5.10 Å². The molecule has 1 aliphatic rings. The maximum absolute atomic E-state index is 12.5. The molecule has 1 aliphatic heterocycles. The van der Waals surface area contributed by atoms with Gasteiger partial charge in [-0.05, 0) is 30.2 Å². The Kier molecular flexibility index (Phi) is 6.49. The minimum absolute atomic E-state index is 0.353. The van der Waals surface area contributed by atoms with Gasteiger partial charge in [-0.1, -0.05) is 6.07 Å². The van der Waals surface area contributed by atoms with E-state index in [4.69, 9.17) is 10.5 Å². The molecule has 3 aromatic rings. The molecule has 11 nitrogen and oxygen atoms in total. The molecule has 0 bridgehead atoms. The number of carbonyl (C=O) groups excluding carboxylic acids is 1. The van der Waals surface area contributed by atoms with Gasteiger partial charge in [0.2, 0.25) is 15.9 Å². The van der Waals surface area contributed by atoms with E-state index in [1.54, 1.807) is 11.6 Å². The quantitative estimate of drug-likeness (QED) is 0.452. The largest absolute Gasteiger partial charge is 0.497 e. The second kappa shape index (κ2) is 9.33. The molecule has 1 amide bonds. The smallest absolute Gasteiger partial charge is 0.239 e. The topological polar surface area (TPSA) is 144 Å². The fourth-order valence-corrected chi connectivity index (χ4v) is 4.55. The average Bonchev–Trinajstić information content (AvgIpc) is 3.18. The van der Waals surface area contributed by atoms with Crippen molar-refractivity contribution in [3.05, 3.63) is 48.4 Å². The average molecular weight is 474 g/mol. The minimum atomic E-state index is -3.64. The van der Waals surface area contributed by atoms with Gasteiger partial charge in [0, 0.05) is 43.6 Å². The molecule has 0 saturated carbocycles. The van der Waals surface area contributed by atoms with Gasteiger partial charge >= 0.3 is 0 Å². The van der Waals surface area contributed by atoms with E-state index in [-0.39, 0.29) is 0 Å². The third-order valence-corrected chi connectivity index (χ3v) is 6.21. The van der Waals surface area contributed by atoms with Crippen LogP contribution >= 0.6 is 0 Å². The number of anilines is 2. The van der Waals surface area contributed by atoms with E-state index in [1.807, 2.05) is 36.5 Å². The number of benzene rings is 1. The normalized spacial score (nSPS) is 19.4. The number of nitrogens with zero attached hydrogens (tertiary/aromatic N) is 4. The molecule has 4 rings (SSSR count). The highest BCUT2D eigenvalue weighted by molar-refractivity contribution is 7.89. The number of sulfonamides is 1. The van der Waals surface area contributed by atoms with Crippen LogP contribution in [0.15, 0.2) is 42.9 Å². The summed E-state index contributed by atoms with van der Waals surface area (Å²) in [7, 11) is -2.03. The molecule has 176 valence electrons. The molecule has 4 N–H and O–H groups in total. The van der Waals surface area contributed by atoms with Crippen LogP contribution in [0.4, 0.5) is 11.5 Å². The number of methoxy groups -OCH3 is 1. The Hall–Kier alpha value is -3.22. The fraction of sp³-hybridized carbons (Fsp3) is 0.381. The van der Waals surface area contributed by atoms with Gasteiger partial charge in [-0.25, -0.2) is 17.9 Å². The number of aromatic nitrogens is 3. The second-order valence-electron chi connectivity index (χ2n) is 8.13. The van der Waals surface area contributed by atoms with Crippen molar-refractivity contribution in [3.8, 4) is 5.75 Å². The molecule has 3 heterocycles. The summed E-state index contributed by atoms with van der Waals surface area (Å²) in [4.78, 5) is 19.0. The van der Waals surface area contributed by atoms with Crippen molar-refractivity contribution in [1.29, 1.82) is 0 Å². The SMILES string of the molecule is COc1cccc(Nc2ncnn3ccc(CN4CC[C@H](N)[C@@H](C(=O)NS(C)(=O)=O)C4)c23)c1. The molecular weight excluding hydrogens is 446 g/mol. The van der Waals surface area contributed by atoms with E-state index in [0.717, 1.165) is 28.8 Å². The number of fused-ring (bicyclic) bond motifs is 1. The first-order valence-corrected chi connectivity index (χ1v) is 12.3. The predicted molar refractivity (Wildman–Crippen MR) is 124 cm³/mol. The van der Waals surface area contributed by atoms with Crippen molar-refractivity contribution in [3.63, 3.8) is 0 Å². The van der Waals surface area contributed by atoms with E-state index >= 15 is 0 Å². The number of likely N-dealkylation sites (tertiary alicyclic amines) is 1. The lowest BCUT2D eigenvalue weighted by molar-refractivity contribution is -0.125. The molecule has 12 heteroatoms. The van der Waals surface area contributed by atoms with Gasteiger partial charge in [-0.3, -0.25) is 14.4 Å². The van der Waals surface area contributed by atoms with Crippen LogP contribution in [0.5, 0.6) is 5.75 Å². The minimum Gasteiger partial charge on any atom is -0.497 e. The summed E-state index contributed by atoms with van der Waals surface area (Å²) in [5.41, 5.74) is 8.74. The zero-order chi connectivity index (χ0) is 23.6. The molecule has 0 aliphatic carbocycles. The maximum atomic E-state index is 12.5. The highest BCUT2D eigenvalue weighted by Crippen LogP contribution is 2.27. The van der Waals surface area contributed by atoms with Crippen molar-refractivity contribution in [1.82, 2.24) is 24.2 Å². The van der Waals surface area contributed by atoms with Crippen LogP contribution in [0.3, 0.4) is 0 Å². The highest BCUT2D eigenvalue weighted by Gasteiger charge is 2.33. The number of rotatable bonds is 7. The fourth-order valence-electron chi connectivity index (χ4n) is 4.03. The van der Waals surface area contributed by atoms with Gasteiger partial charge in [0.15, 0.2) is 5.82 Å². The Morgan fingerprint density at radius 2 is 2.15 bits per heavy atom. The monoisotopic (exact) mass is 473 g/mol. The van der Waals surface area contributed by atoms with E-state index in [0.29, 0.717) is 31.9 Å². The van der Waals surface area contributed by atoms with Crippen LogP contribution in [-0.4, -0.2) is 66.3 Å². The summed E-state index contributed by atoms with van der Waals surface area (Å²) >= 11 is 0. The number of nitrogens with one attached hydrogen (secondary N) is 2. The number of ether oxygens (including phenoxy) is 1. The molecule has 1 aromatic carbocycles. The summed E-state index contributed by atoms with van der Waals surface area (Å²) in [5, 5.41) is 7.62. The summed E-state index contributed by atoms with van der Waals surface area (Å²) in [6.45, 7) is 1.58. The van der Waals surface area contributed by atoms with E-state index in [1.165, 1.54) is 6.33 Å². The lowest BCUT2D eigenvalue weighted by atomic mass is 9.92. The van der Waals surface area contributed by atoms with Gasteiger partial charge < -0.3 is 15.8 Å². The first-order chi connectivity index (χ1) is 15.7. The molecule has 2 aromatic heterocycles. The Balaban J connectivity index is 1.56. The lowest BCUT2D eigenvalue weighted by Crippen LogP contribution is -2.53. The maximum Gasteiger partial charge on any atom is 0.239 e. The molecule has 1 saturated heterocycles. The second-order valence-corrected chi connectivity index (χ2v) is 9.88. The predicted octanol–water partition coefficient (Wildman–Crippen LogP) is 0.707. The zero-order valence-corrected chi connectivity index (χ0v) is 19.2. The lowest BCUT2D eigenvalue weighted by Gasteiger charge is -2.35. The van der Waals surface area contributed by atoms with E-state index in [2.05, 4.69) is 25.0 Å². The third-order valence-electron chi connectivity index (χ3n) is 5.64. The molecule has 2 atom stereocenters. The standard InChI is InChI=1S/C21H27N7O4S/c1-32-16-5-3-4-15(10-16)25-20-19-14(6-9-28(19)24-13-23-20)11-27-8-7-18(22)17(12-27)21(29)26-33(2,30)31/h3-6,9-10,13,17-18H,7-8,11-12,22H2,1-2H3,(H,26,29)(H,23,24,25)/t17-,18-/m0/s1. The Bertz CT molecular complexity index is 1260. The van der Waals surface area contributed by atoms with Crippen LogP contribution < -0.4 is 20.5 Å². The van der Waals surface area contributed by atoms with Crippen molar-refractivity contribution < 1.29 is 17.9 Å². The molecule has 0 spiro atoms. The van der Waals surface area contributed by atoms with Gasteiger partial charge in [0.1, 0.15) is 17.6 Å². The van der Waals surface area contributed by atoms with Gasteiger partial charge in [-0.15, -0.1) is 0 Å². The third kappa shape index (κ3) is 5.41. The number of hydrogen-bond acceptors (Lipinski definition) is 9. The molecule has 0 unspecified atom stereocenters. The number of hydrogen-bond donors (Lipinski definition) is 3. The van der Waals surface area contributed by atoms with Crippen LogP contribution in [0.1, 0.15) is 12.0 Å². The molecule has 1 fully saturated rings. The number of carbonyl (C=O) groups is 1. The highest BCUT2D eigenvalue weighted by atomic mass is 32.2. The zero-order valence-electron chi connectivity index (χ0n) is 18.4. The Morgan fingerprint density at radius 3 is 2.91 bits per heavy atom. The number of piperidine rings is 1. The van der Waals surface area contributed by atoms with Crippen molar-refractivity contribution in [2.45, 2.75) is 19.0 Å². The summed E-state index contributed by atoms with van der Waals surface area (Å²) in [5.74, 6) is 0.176. The van der Waals surface area contributed by atoms with Crippen LogP contribution in [-0.2, 0) is 21.4 Å². The number of amides is 1. The van der Waals surface area contributed by atoms with E-state index in [9.17, 15) is 13.2 Å². The summed E-state index contributed by atoms with van der Waals surface area (Å²) in [6.07, 6.45) is 4.87. The Morgan fingerprint density at radius 1 is 1.33 bits per heavy atom. The molecule has 33 heavy (non-hydrogen) atoms. The number of nitrogens with two attached hydrogens (primary N) is 1. The summed E-state index contributed by atoms with van der Waals surface area (Å²) < 4.78 is 32.1.